The maximum absolute atomic E-state index is 13.9. The second-order valence-corrected chi connectivity index (χ2v) is 10.5. The maximum atomic E-state index is 13.9. The highest BCUT2D eigenvalue weighted by Crippen LogP contribution is 2.52. The molecule has 0 radical (unpaired) electrons. The molecule has 1 saturated carbocycles. The van der Waals surface area contributed by atoms with Crippen LogP contribution < -0.4 is 11.1 Å². The highest BCUT2D eigenvalue weighted by Gasteiger charge is 2.64. The van der Waals surface area contributed by atoms with Crippen LogP contribution in [-0.4, -0.2) is 73.5 Å². The van der Waals surface area contributed by atoms with Crippen LogP contribution in [0.2, 0.25) is 0 Å². The second kappa shape index (κ2) is 9.60. The number of Topliss-reactive ketones (excluding diaryl/α,β-unsaturated/α-hetero) is 2. The quantitative estimate of drug-likeness (QED) is 0.287. The van der Waals surface area contributed by atoms with Crippen LogP contribution in [0.1, 0.15) is 28.7 Å². The number of nitrogens with one attached hydrogen (secondary N) is 1. The number of hydrogen-bond acceptors (Lipinski definition) is 10. The largest absolute Gasteiger partial charge is 0.508 e. The first-order valence-electron chi connectivity index (χ1n) is 12.6. The van der Waals surface area contributed by atoms with Gasteiger partial charge in [0, 0.05) is 37.0 Å². The van der Waals surface area contributed by atoms with Crippen LogP contribution in [0.15, 0.2) is 53.6 Å². The number of hydrogen-bond donors (Lipinski definition) is 6. The van der Waals surface area contributed by atoms with Crippen LogP contribution in [0, 0.1) is 11.8 Å². The first kappa shape index (κ1) is 26.5. The van der Waals surface area contributed by atoms with Crippen molar-refractivity contribution in [3.8, 4) is 5.75 Å². The molecule has 1 aromatic carbocycles. The molecular formula is C28H30N4O7. The lowest BCUT2D eigenvalue weighted by molar-refractivity contribution is -0.153. The van der Waals surface area contributed by atoms with Gasteiger partial charge in [-0.05, 0) is 67.7 Å². The molecule has 39 heavy (non-hydrogen) atoms. The normalized spacial score (nSPS) is 26.4. The summed E-state index contributed by atoms with van der Waals surface area (Å²) in [6, 6.07) is 5.82. The fourth-order valence-electron chi connectivity index (χ4n) is 6.32. The number of aromatic nitrogens is 1. The summed E-state index contributed by atoms with van der Waals surface area (Å²) in [5.74, 6) is -6.63. The number of benzene rings is 1. The highest BCUT2D eigenvalue weighted by molar-refractivity contribution is 6.24. The van der Waals surface area contributed by atoms with Crippen molar-refractivity contribution in [3.63, 3.8) is 0 Å². The van der Waals surface area contributed by atoms with Crippen molar-refractivity contribution in [2.45, 2.75) is 37.6 Å². The third-order valence-corrected chi connectivity index (χ3v) is 8.10. The maximum Gasteiger partial charge on any atom is 0.255 e. The highest BCUT2D eigenvalue weighted by atomic mass is 16.3. The minimum absolute atomic E-state index is 0.0469. The van der Waals surface area contributed by atoms with Crippen molar-refractivity contribution < 1.29 is 34.8 Å². The smallest absolute Gasteiger partial charge is 0.255 e. The van der Waals surface area contributed by atoms with E-state index in [4.69, 9.17) is 5.73 Å². The van der Waals surface area contributed by atoms with Gasteiger partial charge in [-0.2, -0.15) is 0 Å². The molecule has 1 amide bonds. The monoisotopic (exact) mass is 534 g/mol. The van der Waals surface area contributed by atoms with Gasteiger partial charge in [0.1, 0.15) is 22.8 Å². The molecule has 204 valence electrons. The summed E-state index contributed by atoms with van der Waals surface area (Å²) in [5, 5.41) is 47.9. The van der Waals surface area contributed by atoms with Gasteiger partial charge < -0.3 is 31.5 Å². The Hall–Kier alpha value is -4.06. The SMILES string of the molecule is CN(C)[C@@H]1C(=O)C(C(N)=O)=C(O)[C@@]2(O)C(=O)C3=C(O)c4c(O)ccc(CNCc5ccncc5)c4C[C@H]3C[C@@H]12. The Morgan fingerprint density at radius 2 is 1.82 bits per heavy atom. The Morgan fingerprint density at radius 1 is 1.13 bits per heavy atom. The number of carbonyl (C=O) groups is 3. The number of phenolic OH excluding ortho intramolecular Hbond substituents is 1. The van der Waals surface area contributed by atoms with E-state index in [1.807, 2.05) is 12.1 Å². The van der Waals surface area contributed by atoms with Crippen molar-refractivity contribution in [1.29, 1.82) is 0 Å². The van der Waals surface area contributed by atoms with E-state index in [9.17, 15) is 34.8 Å². The summed E-state index contributed by atoms with van der Waals surface area (Å²) in [6.45, 7) is 0.967. The number of nitrogens with zero attached hydrogens (tertiary/aromatic N) is 2. The molecule has 3 aliphatic carbocycles. The van der Waals surface area contributed by atoms with E-state index in [0.29, 0.717) is 18.7 Å². The molecule has 5 rings (SSSR count). The molecule has 7 N–H and O–H groups in total. The first-order chi connectivity index (χ1) is 18.5. The second-order valence-electron chi connectivity index (χ2n) is 10.5. The Kier molecular flexibility index (Phi) is 6.53. The van der Waals surface area contributed by atoms with E-state index in [1.165, 1.54) is 11.0 Å². The van der Waals surface area contributed by atoms with Crippen LogP contribution in [-0.2, 0) is 33.9 Å². The fourth-order valence-corrected chi connectivity index (χ4v) is 6.32. The number of fused-ring (bicyclic) bond motifs is 3. The van der Waals surface area contributed by atoms with Gasteiger partial charge in [-0.15, -0.1) is 0 Å². The molecule has 4 atom stereocenters. The molecule has 3 aliphatic rings. The van der Waals surface area contributed by atoms with Gasteiger partial charge in [-0.1, -0.05) is 6.07 Å². The van der Waals surface area contributed by atoms with E-state index in [2.05, 4.69) is 10.3 Å². The molecule has 1 aromatic heterocycles. The number of carbonyl (C=O) groups excluding carboxylic acids is 3. The summed E-state index contributed by atoms with van der Waals surface area (Å²) >= 11 is 0. The minimum Gasteiger partial charge on any atom is -0.508 e. The van der Waals surface area contributed by atoms with Crippen molar-refractivity contribution in [2.75, 3.05) is 14.1 Å². The van der Waals surface area contributed by atoms with E-state index in [-0.39, 0.29) is 29.7 Å². The van der Waals surface area contributed by atoms with Gasteiger partial charge in [0.15, 0.2) is 11.4 Å². The molecule has 0 bridgehead atoms. The van der Waals surface area contributed by atoms with Gasteiger partial charge in [0.2, 0.25) is 5.78 Å². The number of aliphatic hydroxyl groups is 3. The number of aromatic hydroxyl groups is 1. The van der Waals surface area contributed by atoms with Crippen LogP contribution in [0.25, 0.3) is 5.76 Å². The van der Waals surface area contributed by atoms with E-state index >= 15 is 0 Å². The Bertz CT molecular complexity index is 1450. The summed E-state index contributed by atoms with van der Waals surface area (Å²) in [7, 11) is 3.14. The standard InChI is InChI=1S/C28H30N4O7/c1-32(2)22-17-10-15-9-16-14(12-31-11-13-5-7-30-8-6-13)3-4-18(33)20(16)23(34)19(15)25(36)28(17,39)26(37)21(24(22)35)27(29)38/h3-8,15,17,22,31,33-34,37,39H,9-12H2,1-2H3,(H2,29,38)/t15-,17-,22-,28-/m0/s1. The summed E-state index contributed by atoms with van der Waals surface area (Å²) in [4.78, 5) is 44.6. The van der Waals surface area contributed by atoms with Crippen molar-refractivity contribution in [1.82, 2.24) is 15.2 Å². The van der Waals surface area contributed by atoms with E-state index < -0.39 is 58.0 Å². The number of likely N-dealkylation sites (N-methyl/N-ethyl adjacent to an activating group) is 1. The van der Waals surface area contributed by atoms with Gasteiger partial charge in [-0.25, -0.2) is 0 Å². The number of amides is 1. The Balaban J connectivity index is 1.58. The molecule has 0 saturated heterocycles. The zero-order valence-electron chi connectivity index (χ0n) is 21.5. The molecule has 1 fully saturated rings. The van der Waals surface area contributed by atoms with Crippen molar-refractivity contribution >= 4 is 23.2 Å². The molecule has 0 unspecified atom stereocenters. The number of pyridine rings is 1. The first-order valence-corrected chi connectivity index (χ1v) is 12.6. The molecule has 1 heterocycles. The number of aliphatic hydroxyl groups excluding tert-OH is 2. The molecule has 11 nitrogen and oxygen atoms in total. The fraction of sp³-hybridized carbons (Fsp3) is 0.357. The van der Waals surface area contributed by atoms with Crippen LogP contribution in [0.4, 0.5) is 0 Å². The number of rotatable bonds is 6. The van der Waals surface area contributed by atoms with Crippen LogP contribution in [0.3, 0.4) is 0 Å². The molecule has 11 heteroatoms. The Morgan fingerprint density at radius 3 is 2.46 bits per heavy atom. The number of nitrogens with two attached hydrogens (primary N) is 1. The van der Waals surface area contributed by atoms with Gasteiger partial charge in [0.25, 0.3) is 5.91 Å². The molecular weight excluding hydrogens is 504 g/mol. The lowest BCUT2D eigenvalue weighted by Gasteiger charge is -2.50. The number of ketones is 2. The average molecular weight is 535 g/mol. The van der Waals surface area contributed by atoms with Crippen LogP contribution in [0.5, 0.6) is 5.75 Å². The average Bonchev–Trinajstić information content (AvgIpc) is 2.87. The lowest BCUT2D eigenvalue weighted by atomic mass is 9.57. The lowest BCUT2D eigenvalue weighted by Crippen LogP contribution is -2.65. The molecule has 0 aliphatic heterocycles. The summed E-state index contributed by atoms with van der Waals surface area (Å²) < 4.78 is 0. The minimum atomic E-state index is -2.65. The zero-order chi connectivity index (χ0) is 28.2. The molecule has 0 spiro atoms. The topological polar surface area (TPSA) is 186 Å². The van der Waals surface area contributed by atoms with Crippen molar-refractivity contribution in [3.05, 3.63) is 75.8 Å². The molecule has 2 aromatic rings. The Labute approximate surface area is 224 Å². The predicted octanol–water partition coefficient (Wildman–Crippen LogP) is 0.649. The van der Waals surface area contributed by atoms with Gasteiger partial charge in [0.05, 0.1) is 11.6 Å². The number of phenols is 1. The predicted molar refractivity (Wildman–Crippen MR) is 139 cm³/mol. The van der Waals surface area contributed by atoms with Crippen LogP contribution >= 0.6 is 0 Å². The zero-order valence-corrected chi connectivity index (χ0v) is 21.5. The summed E-state index contributed by atoms with van der Waals surface area (Å²) in [5.41, 5.74) is 4.25. The van der Waals surface area contributed by atoms with E-state index in [0.717, 1.165) is 11.1 Å². The number of primary amides is 1. The van der Waals surface area contributed by atoms with Gasteiger partial charge >= 0.3 is 0 Å². The third-order valence-electron chi connectivity index (χ3n) is 8.10. The van der Waals surface area contributed by atoms with E-state index in [1.54, 1.807) is 32.6 Å². The van der Waals surface area contributed by atoms with Gasteiger partial charge in [-0.3, -0.25) is 24.3 Å². The third kappa shape index (κ3) is 4.01. The van der Waals surface area contributed by atoms with Crippen molar-refractivity contribution in [2.24, 2.45) is 17.6 Å². The summed E-state index contributed by atoms with van der Waals surface area (Å²) in [6.07, 6.45) is 3.68.